The Morgan fingerprint density at radius 3 is 1.51 bits per heavy atom. The van der Waals surface area contributed by atoms with Crippen LogP contribution in [0.25, 0.3) is 10.8 Å². The summed E-state index contributed by atoms with van der Waals surface area (Å²) in [5, 5.41) is -5.12. The lowest BCUT2D eigenvalue weighted by Crippen LogP contribution is -2.74. The second kappa shape index (κ2) is 13.9. The van der Waals surface area contributed by atoms with E-state index in [0.717, 1.165) is 18.8 Å². The number of unbranched alkanes of at least 4 members (excludes halogenated alkanes) is 1. The molecule has 0 bridgehead atoms. The molecule has 284 valence electrons. The van der Waals surface area contributed by atoms with Gasteiger partial charge in [-0.25, -0.2) is 10.9 Å². The summed E-state index contributed by atoms with van der Waals surface area (Å²) in [5.41, 5.74) is 0. The highest BCUT2D eigenvalue weighted by Crippen LogP contribution is 2.64. The Hall–Kier alpha value is -2.43. The highest BCUT2D eigenvalue weighted by atomic mass is 32.2. The van der Waals surface area contributed by atoms with Gasteiger partial charge in [0, 0.05) is 5.39 Å². The molecule has 1 aliphatic rings. The van der Waals surface area contributed by atoms with Crippen LogP contribution in [0.5, 0.6) is 5.75 Å². The molecule has 1 fully saturated rings. The van der Waals surface area contributed by atoms with Crippen molar-refractivity contribution >= 4 is 31.8 Å². The van der Waals surface area contributed by atoms with E-state index in [2.05, 4.69) is 43.3 Å². The monoisotopic (exact) mass is 788 g/mol. The molecule has 23 heteroatoms. The number of halogens is 17. The number of hydrogen-bond donors (Lipinski definition) is 2. The van der Waals surface area contributed by atoms with E-state index in [1.165, 1.54) is 41.5 Å². The maximum atomic E-state index is 13.0. The zero-order valence-electron chi connectivity index (χ0n) is 24.4. The van der Waals surface area contributed by atoms with Crippen molar-refractivity contribution in [3.8, 4) is 5.75 Å². The van der Waals surface area contributed by atoms with Crippen LogP contribution in [-0.2, 0) is 10.1 Å². The SMILES string of the molecule is CCCCOc1ccc([SH]2CCCC2)c2ccccc12.O=S(=O)(O)C(F)(F)C(F)(F)C(F)(F)C(F)(F)C(F)(F)C(F)(F)C(F)(F)C(F)(F)F. The molecule has 1 saturated heterocycles. The number of benzene rings is 2. The fourth-order valence-electron chi connectivity index (χ4n) is 4.25. The van der Waals surface area contributed by atoms with E-state index in [4.69, 9.17) is 9.29 Å². The van der Waals surface area contributed by atoms with Gasteiger partial charge in [0.1, 0.15) is 5.75 Å². The predicted octanol–water partition coefficient (Wildman–Crippen LogP) is 10.0. The van der Waals surface area contributed by atoms with Crippen LogP contribution in [-0.4, -0.2) is 78.0 Å². The molecule has 1 aliphatic heterocycles. The fourth-order valence-corrected chi connectivity index (χ4v) is 7.44. The lowest BCUT2D eigenvalue weighted by molar-refractivity contribution is -0.458. The smallest absolute Gasteiger partial charge is 0.460 e. The number of thiol groups is 1. The molecule has 0 unspecified atom stereocenters. The highest BCUT2D eigenvalue weighted by Gasteiger charge is 2.96. The molecule has 3 rings (SSSR count). The number of rotatable bonds is 12. The van der Waals surface area contributed by atoms with Crippen molar-refractivity contribution in [2.45, 2.75) is 84.5 Å². The van der Waals surface area contributed by atoms with Crippen LogP contribution in [0.15, 0.2) is 41.3 Å². The van der Waals surface area contributed by atoms with E-state index in [1.54, 1.807) is 4.90 Å². The second-order valence-corrected chi connectivity index (χ2v) is 14.4. The molecule has 2 aromatic rings. The van der Waals surface area contributed by atoms with Gasteiger partial charge in [-0.15, -0.1) is 0 Å². The lowest BCUT2D eigenvalue weighted by Gasteiger charge is -2.42. The van der Waals surface area contributed by atoms with Gasteiger partial charge in [0.25, 0.3) is 0 Å². The highest BCUT2D eigenvalue weighted by molar-refractivity contribution is 8.17. The van der Waals surface area contributed by atoms with Gasteiger partial charge in [0.2, 0.25) is 0 Å². The molecule has 1 heterocycles. The summed E-state index contributed by atoms with van der Waals surface area (Å²) in [4.78, 5) is 1.59. The summed E-state index contributed by atoms with van der Waals surface area (Å²) in [6.45, 7) is 3.03. The summed E-state index contributed by atoms with van der Waals surface area (Å²) in [7, 11) is -7.82. The molecule has 0 aliphatic carbocycles. The molecule has 0 atom stereocenters. The third-order valence-electron chi connectivity index (χ3n) is 7.08. The van der Waals surface area contributed by atoms with Gasteiger partial charge in [-0.3, -0.25) is 4.55 Å². The van der Waals surface area contributed by atoms with Crippen LogP contribution in [0.4, 0.5) is 74.6 Å². The molecule has 0 radical (unpaired) electrons. The van der Waals surface area contributed by atoms with E-state index >= 15 is 0 Å². The number of alkyl halides is 17. The number of fused-ring (bicyclic) bond motifs is 1. The third-order valence-corrected chi connectivity index (χ3v) is 10.8. The van der Waals surface area contributed by atoms with Gasteiger partial charge in [-0.1, -0.05) is 37.6 Å². The van der Waals surface area contributed by atoms with E-state index < -0.39 is 57.1 Å². The van der Waals surface area contributed by atoms with Crippen LogP contribution in [0.1, 0.15) is 32.6 Å². The van der Waals surface area contributed by atoms with Crippen LogP contribution in [0.2, 0.25) is 0 Å². The number of ether oxygens (including phenoxy) is 1. The van der Waals surface area contributed by atoms with E-state index in [1.807, 2.05) is 0 Å². The Morgan fingerprint density at radius 1 is 0.653 bits per heavy atom. The van der Waals surface area contributed by atoms with Crippen LogP contribution < -0.4 is 4.74 Å². The van der Waals surface area contributed by atoms with Gasteiger partial charge < -0.3 is 4.74 Å². The lowest BCUT2D eigenvalue weighted by atomic mass is 9.91. The molecule has 4 nitrogen and oxygen atoms in total. The summed E-state index contributed by atoms with van der Waals surface area (Å²) >= 11 is 0. The van der Waals surface area contributed by atoms with E-state index in [-0.39, 0.29) is 10.9 Å². The Bertz CT molecular complexity index is 1550. The average molecular weight is 789 g/mol. The first kappa shape index (κ1) is 42.7. The first-order valence-corrected chi connectivity index (χ1v) is 16.6. The summed E-state index contributed by atoms with van der Waals surface area (Å²) in [5.74, 6) is -48.1. The standard InChI is InChI=1S/C18H24OS.C8HF17O3S/c1-2-3-12-19-17-10-11-18(20-13-6-7-14-20)16-9-5-4-8-15(16)17;9-1(10,3(13,14)5(17,18)7(21,22)23)2(11,12)4(15,16)6(19,20)8(24,25)29(26,27)28/h4-5,8-11,20H,2-3,6-7,12-14H2,1H3;(H,26,27,28). The van der Waals surface area contributed by atoms with Crippen molar-refractivity contribution in [1.29, 1.82) is 0 Å². The first-order chi connectivity index (χ1) is 21.9. The predicted molar refractivity (Wildman–Crippen MR) is 143 cm³/mol. The zero-order chi connectivity index (χ0) is 38.3. The van der Waals surface area contributed by atoms with Crippen molar-refractivity contribution in [3.05, 3.63) is 36.4 Å². The quantitative estimate of drug-likeness (QED) is 0.0974. The molecule has 0 amide bonds. The summed E-state index contributed by atoms with van der Waals surface area (Å²) < 4.78 is 248. The van der Waals surface area contributed by atoms with E-state index in [9.17, 15) is 83.1 Å². The van der Waals surface area contributed by atoms with Crippen molar-refractivity contribution in [2.75, 3.05) is 18.1 Å². The van der Waals surface area contributed by atoms with Gasteiger partial charge in [-0.2, -0.15) is 83.1 Å². The minimum atomic E-state index is -8.89. The largest absolute Gasteiger partial charge is 0.493 e. The Labute approximate surface area is 269 Å². The molecule has 0 saturated carbocycles. The molecule has 49 heavy (non-hydrogen) atoms. The summed E-state index contributed by atoms with van der Waals surface area (Å²) in [6.07, 6.45) is -2.75. The van der Waals surface area contributed by atoms with Gasteiger partial charge >= 0.3 is 57.1 Å². The van der Waals surface area contributed by atoms with Crippen molar-refractivity contribution in [1.82, 2.24) is 0 Å². The van der Waals surface area contributed by atoms with E-state index in [0.29, 0.717) is 0 Å². The maximum absolute atomic E-state index is 13.0. The Balaban J connectivity index is 0.000000360. The van der Waals surface area contributed by atoms with Gasteiger partial charge in [-0.05, 0) is 53.2 Å². The zero-order valence-corrected chi connectivity index (χ0v) is 26.1. The molecule has 1 N–H and O–H groups in total. The summed E-state index contributed by atoms with van der Waals surface area (Å²) in [6, 6.07) is 13.3. The third kappa shape index (κ3) is 7.21. The van der Waals surface area contributed by atoms with Crippen LogP contribution in [0.3, 0.4) is 0 Å². The second-order valence-electron chi connectivity index (χ2n) is 10.5. The first-order valence-electron chi connectivity index (χ1n) is 13.5. The van der Waals surface area contributed by atoms with Gasteiger partial charge in [0.05, 0.1) is 6.61 Å². The molecular formula is C26H25F17O4S2. The molecular weight excluding hydrogens is 763 g/mol. The minimum absolute atomic E-state index is 0.0761. The van der Waals surface area contributed by atoms with Crippen LogP contribution >= 0.6 is 10.9 Å². The normalized spacial score (nSPS) is 16.8. The van der Waals surface area contributed by atoms with Crippen molar-refractivity contribution < 1.29 is 92.3 Å². The fraction of sp³-hybridized carbons (Fsp3) is 0.615. The average Bonchev–Trinajstić information content (AvgIpc) is 3.51. The maximum Gasteiger partial charge on any atom is 0.460 e. The Morgan fingerprint density at radius 2 is 1.08 bits per heavy atom. The van der Waals surface area contributed by atoms with Crippen molar-refractivity contribution in [2.24, 2.45) is 0 Å². The Kier molecular flexibility index (Phi) is 12.2. The van der Waals surface area contributed by atoms with Crippen LogP contribution in [0, 0.1) is 0 Å². The topological polar surface area (TPSA) is 63.6 Å². The molecule has 2 aromatic carbocycles. The minimum Gasteiger partial charge on any atom is -0.493 e. The van der Waals surface area contributed by atoms with Gasteiger partial charge in [0.15, 0.2) is 0 Å². The van der Waals surface area contributed by atoms with Crippen molar-refractivity contribution in [3.63, 3.8) is 0 Å². The molecule has 0 spiro atoms. The molecule has 0 aromatic heterocycles. The number of hydrogen-bond acceptors (Lipinski definition) is 3.